The van der Waals surface area contributed by atoms with E-state index in [-0.39, 0.29) is 18.4 Å². The van der Waals surface area contributed by atoms with E-state index in [0.29, 0.717) is 17.9 Å². The highest BCUT2D eigenvalue weighted by atomic mass is 16.5. The summed E-state index contributed by atoms with van der Waals surface area (Å²) in [6.45, 7) is 6.27. The fraction of sp³-hybridized carbons (Fsp3) is 0.154. The number of carbonyl (C=O) groups excluding carboxylic acids is 2. The van der Waals surface area contributed by atoms with Crippen LogP contribution < -0.4 is 20.3 Å². The van der Waals surface area contributed by atoms with Crippen molar-refractivity contribution in [2.75, 3.05) is 35.7 Å². The molecule has 0 aliphatic rings. The lowest BCUT2D eigenvalue weighted by atomic mass is 10.1. The lowest BCUT2D eigenvalue weighted by Crippen LogP contribution is -2.26. The van der Waals surface area contributed by atoms with Gasteiger partial charge in [0.2, 0.25) is 5.91 Å². The maximum absolute atomic E-state index is 12.8. The van der Waals surface area contributed by atoms with Crippen LogP contribution in [0.1, 0.15) is 17.3 Å². The Kier molecular flexibility index (Phi) is 7.65. The van der Waals surface area contributed by atoms with Crippen LogP contribution in [0.3, 0.4) is 0 Å². The van der Waals surface area contributed by atoms with E-state index in [1.807, 2.05) is 61.5 Å². The number of carbonyl (C=O) groups is 2. The number of nitrogens with zero attached hydrogens (tertiary/aromatic N) is 1. The van der Waals surface area contributed by atoms with Crippen LogP contribution >= 0.6 is 0 Å². The van der Waals surface area contributed by atoms with Gasteiger partial charge in [-0.15, -0.1) is 0 Å². The van der Waals surface area contributed by atoms with Gasteiger partial charge in [-0.25, -0.2) is 0 Å². The van der Waals surface area contributed by atoms with Gasteiger partial charge in [-0.2, -0.15) is 0 Å². The van der Waals surface area contributed by atoms with Crippen molar-refractivity contribution in [3.63, 3.8) is 0 Å². The molecule has 32 heavy (non-hydrogen) atoms. The number of ether oxygens (including phenoxy) is 1. The topological polar surface area (TPSA) is 70.7 Å². The van der Waals surface area contributed by atoms with E-state index in [1.165, 1.54) is 0 Å². The third-order valence-corrected chi connectivity index (χ3v) is 4.63. The molecule has 0 unspecified atom stereocenters. The van der Waals surface area contributed by atoms with Crippen LogP contribution in [-0.2, 0) is 4.79 Å². The van der Waals surface area contributed by atoms with Crippen molar-refractivity contribution in [3.05, 3.63) is 96.6 Å². The molecule has 2 N–H and O–H groups in total. The number of benzene rings is 3. The Bertz CT molecular complexity index is 1080. The molecule has 0 fully saturated rings. The summed E-state index contributed by atoms with van der Waals surface area (Å²) < 4.78 is 5.56. The minimum atomic E-state index is -0.214. The molecule has 0 aromatic heterocycles. The minimum Gasteiger partial charge on any atom is -0.489 e. The van der Waals surface area contributed by atoms with Gasteiger partial charge in [0, 0.05) is 29.7 Å². The minimum absolute atomic E-state index is 0.0913. The predicted octanol–water partition coefficient (Wildman–Crippen LogP) is 4.97. The summed E-state index contributed by atoms with van der Waals surface area (Å²) in [5.41, 5.74) is 3.60. The maximum atomic E-state index is 12.8. The number of rotatable bonds is 9. The molecule has 164 valence electrons. The van der Waals surface area contributed by atoms with E-state index in [9.17, 15) is 9.59 Å². The second-order valence-corrected chi connectivity index (χ2v) is 7.45. The van der Waals surface area contributed by atoms with Crippen molar-refractivity contribution in [2.24, 2.45) is 0 Å². The Balaban J connectivity index is 1.54. The zero-order valence-electron chi connectivity index (χ0n) is 18.3. The summed E-state index contributed by atoms with van der Waals surface area (Å²) in [5, 5.41) is 5.90. The molecule has 0 aliphatic heterocycles. The Morgan fingerprint density at radius 2 is 1.66 bits per heavy atom. The Labute approximate surface area is 188 Å². The Morgan fingerprint density at radius 1 is 0.938 bits per heavy atom. The first-order valence-corrected chi connectivity index (χ1v) is 10.3. The normalized spacial score (nSPS) is 10.2. The summed E-state index contributed by atoms with van der Waals surface area (Å²) >= 11 is 0. The van der Waals surface area contributed by atoms with Gasteiger partial charge >= 0.3 is 0 Å². The first kappa shape index (κ1) is 22.6. The van der Waals surface area contributed by atoms with E-state index in [2.05, 4.69) is 17.2 Å². The Hall–Kier alpha value is -4.06. The van der Waals surface area contributed by atoms with Crippen molar-refractivity contribution in [1.82, 2.24) is 0 Å². The second-order valence-electron chi connectivity index (χ2n) is 7.45. The van der Waals surface area contributed by atoms with Crippen molar-refractivity contribution in [1.29, 1.82) is 0 Å². The highest BCUT2D eigenvalue weighted by Crippen LogP contribution is 2.18. The van der Waals surface area contributed by atoms with Crippen LogP contribution in [0.15, 0.2) is 91.0 Å². The van der Waals surface area contributed by atoms with E-state index in [4.69, 9.17) is 4.74 Å². The van der Waals surface area contributed by atoms with Crippen LogP contribution in [0.25, 0.3) is 0 Å². The molecule has 2 amide bonds. The summed E-state index contributed by atoms with van der Waals surface area (Å²) in [7, 11) is 1.72. The SMILES string of the molecule is C=C(C)COc1ccc(NCC(=O)Nc2cccc(C(=O)N(C)c3ccccc3)c2)cc1. The first-order valence-electron chi connectivity index (χ1n) is 10.3. The highest BCUT2D eigenvalue weighted by Gasteiger charge is 2.14. The predicted molar refractivity (Wildman–Crippen MR) is 129 cm³/mol. The molecule has 6 heteroatoms. The van der Waals surface area contributed by atoms with Crippen molar-refractivity contribution < 1.29 is 14.3 Å². The number of amides is 2. The molecule has 0 saturated heterocycles. The Morgan fingerprint density at radius 3 is 2.34 bits per heavy atom. The van der Waals surface area contributed by atoms with E-state index < -0.39 is 0 Å². The van der Waals surface area contributed by atoms with Crippen LogP contribution in [0.4, 0.5) is 17.1 Å². The third kappa shape index (κ3) is 6.47. The molecule has 0 heterocycles. The van der Waals surface area contributed by atoms with E-state index >= 15 is 0 Å². The molecule has 3 aromatic carbocycles. The highest BCUT2D eigenvalue weighted by molar-refractivity contribution is 6.06. The summed E-state index contributed by atoms with van der Waals surface area (Å²) in [6.07, 6.45) is 0. The summed E-state index contributed by atoms with van der Waals surface area (Å²) in [5.74, 6) is 0.373. The molecular formula is C26H27N3O3. The average Bonchev–Trinajstić information content (AvgIpc) is 2.82. The first-order chi connectivity index (χ1) is 15.4. The van der Waals surface area contributed by atoms with E-state index in [0.717, 1.165) is 22.7 Å². The molecule has 0 aliphatic carbocycles. The molecular weight excluding hydrogens is 402 g/mol. The van der Waals surface area contributed by atoms with Crippen LogP contribution in [-0.4, -0.2) is 32.0 Å². The summed E-state index contributed by atoms with van der Waals surface area (Å²) in [6, 6.07) is 23.7. The van der Waals surface area contributed by atoms with E-state index in [1.54, 1.807) is 36.2 Å². The fourth-order valence-electron chi connectivity index (χ4n) is 2.96. The number of hydrogen-bond donors (Lipinski definition) is 2. The molecule has 6 nitrogen and oxygen atoms in total. The van der Waals surface area contributed by atoms with Gasteiger partial charge in [0.1, 0.15) is 12.4 Å². The quantitative estimate of drug-likeness (QED) is 0.471. The fourth-order valence-corrected chi connectivity index (χ4v) is 2.96. The number of hydrogen-bond acceptors (Lipinski definition) is 4. The third-order valence-electron chi connectivity index (χ3n) is 4.63. The van der Waals surface area contributed by atoms with Crippen molar-refractivity contribution in [2.45, 2.75) is 6.92 Å². The average molecular weight is 430 g/mol. The largest absolute Gasteiger partial charge is 0.489 e. The van der Waals surface area contributed by atoms with Gasteiger partial charge in [0.05, 0.1) is 6.54 Å². The molecule has 0 spiro atoms. The smallest absolute Gasteiger partial charge is 0.258 e. The second kappa shape index (κ2) is 10.8. The van der Waals surface area contributed by atoms with Crippen LogP contribution in [0, 0.1) is 0 Å². The zero-order chi connectivity index (χ0) is 22.9. The van der Waals surface area contributed by atoms with Gasteiger partial charge < -0.3 is 20.3 Å². The summed E-state index contributed by atoms with van der Waals surface area (Å²) in [4.78, 5) is 26.7. The molecule has 0 radical (unpaired) electrons. The molecule has 0 bridgehead atoms. The number of anilines is 3. The molecule has 0 atom stereocenters. The standard InChI is InChI=1S/C26H27N3O3/c1-19(2)18-32-24-14-12-21(13-15-24)27-17-25(30)28-22-9-7-8-20(16-22)26(31)29(3)23-10-5-4-6-11-23/h4-16,27H,1,17-18H2,2-3H3,(H,28,30). The van der Waals surface area contributed by atoms with Gasteiger partial charge in [-0.05, 0) is 67.1 Å². The number of nitrogens with one attached hydrogen (secondary N) is 2. The van der Waals surface area contributed by atoms with Crippen molar-refractivity contribution >= 4 is 28.9 Å². The van der Waals surface area contributed by atoms with Gasteiger partial charge in [-0.3, -0.25) is 9.59 Å². The molecule has 3 rings (SSSR count). The van der Waals surface area contributed by atoms with Gasteiger partial charge in [0.25, 0.3) is 5.91 Å². The lowest BCUT2D eigenvalue weighted by molar-refractivity contribution is -0.114. The van der Waals surface area contributed by atoms with Crippen molar-refractivity contribution in [3.8, 4) is 5.75 Å². The molecule has 3 aromatic rings. The van der Waals surface area contributed by atoms with Crippen LogP contribution in [0.5, 0.6) is 5.75 Å². The zero-order valence-corrected chi connectivity index (χ0v) is 18.3. The maximum Gasteiger partial charge on any atom is 0.258 e. The monoisotopic (exact) mass is 429 g/mol. The number of para-hydroxylation sites is 1. The lowest BCUT2D eigenvalue weighted by Gasteiger charge is -2.17. The van der Waals surface area contributed by atoms with Gasteiger partial charge in [-0.1, -0.05) is 30.8 Å². The molecule has 0 saturated carbocycles. The van der Waals surface area contributed by atoms with Gasteiger partial charge in [0.15, 0.2) is 0 Å². The van der Waals surface area contributed by atoms with Crippen LogP contribution in [0.2, 0.25) is 0 Å².